The molecule has 1 aromatic heterocycles. The van der Waals surface area contributed by atoms with Gasteiger partial charge in [-0.3, -0.25) is 0 Å². The molecule has 16 heavy (non-hydrogen) atoms. The van der Waals surface area contributed by atoms with Crippen LogP contribution >= 0.6 is 0 Å². The van der Waals surface area contributed by atoms with Gasteiger partial charge in [0, 0.05) is 13.6 Å². The van der Waals surface area contributed by atoms with Crippen molar-refractivity contribution >= 4 is 11.6 Å². The van der Waals surface area contributed by atoms with Crippen LogP contribution in [0, 0.1) is 5.92 Å². The molecule has 3 nitrogen and oxygen atoms in total. The zero-order chi connectivity index (χ0) is 11.4. The van der Waals surface area contributed by atoms with Gasteiger partial charge in [-0.1, -0.05) is 25.3 Å². The van der Waals surface area contributed by atoms with Crippen LogP contribution in [0.25, 0.3) is 0 Å². The van der Waals surface area contributed by atoms with E-state index in [1.807, 2.05) is 18.2 Å². The van der Waals surface area contributed by atoms with Crippen molar-refractivity contribution in [2.45, 2.75) is 32.1 Å². The first-order chi connectivity index (χ1) is 7.75. The van der Waals surface area contributed by atoms with Gasteiger partial charge in [-0.15, -0.1) is 0 Å². The Bertz CT molecular complexity index is 332. The monoisotopic (exact) mass is 219 g/mol. The fraction of sp³-hybridized carbons (Fsp3) is 0.615. The molecule has 1 fully saturated rings. The van der Waals surface area contributed by atoms with E-state index in [1.165, 1.54) is 32.1 Å². The van der Waals surface area contributed by atoms with E-state index in [0.29, 0.717) is 5.82 Å². The van der Waals surface area contributed by atoms with E-state index in [4.69, 9.17) is 5.73 Å². The summed E-state index contributed by atoms with van der Waals surface area (Å²) in [7, 11) is 2.11. The maximum absolute atomic E-state index is 5.69. The number of rotatable bonds is 3. The van der Waals surface area contributed by atoms with Gasteiger partial charge in [-0.25, -0.2) is 4.98 Å². The lowest BCUT2D eigenvalue weighted by molar-refractivity contribution is 0.361. The van der Waals surface area contributed by atoms with E-state index in [-0.39, 0.29) is 0 Å². The molecule has 88 valence electrons. The summed E-state index contributed by atoms with van der Waals surface area (Å²) in [6.07, 6.45) is 6.93. The Morgan fingerprint density at radius 3 is 2.75 bits per heavy atom. The third-order valence-electron chi connectivity index (χ3n) is 3.40. The smallest absolute Gasteiger partial charge is 0.130 e. The fourth-order valence-electron chi connectivity index (χ4n) is 2.50. The van der Waals surface area contributed by atoms with Crippen molar-refractivity contribution in [3.63, 3.8) is 0 Å². The first-order valence-electron chi connectivity index (χ1n) is 6.19. The molecule has 0 spiro atoms. The number of anilines is 2. The van der Waals surface area contributed by atoms with Crippen LogP contribution in [0.4, 0.5) is 11.6 Å². The normalized spacial score (nSPS) is 17.3. The minimum Gasteiger partial charge on any atom is -0.384 e. The lowest BCUT2D eigenvalue weighted by Gasteiger charge is -2.27. The Morgan fingerprint density at radius 1 is 1.31 bits per heavy atom. The second kappa shape index (κ2) is 5.19. The standard InChI is InChI=1S/C13H21N3/c1-16(10-11-6-3-2-4-7-11)13-9-5-8-12(14)15-13/h5,8-9,11H,2-4,6-7,10H2,1H3,(H2,14,15). The lowest BCUT2D eigenvalue weighted by atomic mass is 9.89. The quantitative estimate of drug-likeness (QED) is 0.850. The van der Waals surface area contributed by atoms with Crippen LogP contribution < -0.4 is 10.6 Å². The van der Waals surface area contributed by atoms with E-state index in [1.54, 1.807) is 0 Å². The highest BCUT2D eigenvalue weighted by Gasteiger charge is 2.15. The van der Waals surface area contributed by atoms with Gasteiger partial charge in [0.1, 0.15) is 11.6 Å². The zero-order valence-electron chi connectivity index (χ0n) is 10.0. The van der Waals surface area contributed by atoms with Crippen molar-refractivity contribution in [3.8, 4) is 0 Å². The first kappa shape index (κ1) is 11.2. The molecule has 1 saturated carbocycles. The van der Waals surface area contributed by atoms with E-state index < -0.39 is 0 Å². The molecule has 0 radical (unpaired) electrons. The van der Waals surface area contributed by atoms with Crippen molar-refractivity contribution in [2.75, 3.05) is 24.2 Å². The van der Waals surface area contributed by atoms with Crippen LogP contribution in [-0.4, -0.2) is 18.6 Å². The maximum Gasteiger partial charge on any atom is 0.130 e. The summed E-state index contributed by atoms with van der Waals surface area (Å²) in [5, 5.41) is 0. The number of nitrogens with two attached hydrogens (primary N) is 1. The van der Waals surface area contributed by atoms with E-state index in [9.17, 15) is 0 Å². The molecule has 0 unspecified atom stereocenters. The fourth-order valence-corrected chi connectivity index (χ4v) is 2.50. The number of aromatic nitrogens is 1. The summed E-state index contributed by atoms with van der Waals surface area (Å²) in [5.41, 5.74) is 5.69. The molecule has 0 atom stereocenters. The Kier molecular flexibility index (Phi) is 3.65. The molecule has 0 bridgehead atoms. The molecular formula is C13H21N3. The minimum atomic E-state index is 0.605. The van der Waals surface area contributed by atoms with Gasteiger partial charge >= 0.3 is 0 Å². The molecule has 0 aliphatic heterocycles. The van der Waals surface area contributed by atoms with Gasteiger partial charge in [0.2, 0.25) is 0 Å². The Labute approximate surface area is 97.7 Å². The minimum absolute atomic E-state index is 0.605. The second-order valence-corrected chi connectivity index (χ2v) is 4.81. The van der Waals surface area contributed by atoms with Crippen molar-refractivity contribution in [2.24, 2.45) is 5.92 Å². The molecule has 2 N–H and O–H groups in total. The highest BCUT2D eigenvalue weighted by atomic mass is 15.2. The van der Waals surface area contributed by atoms with Gasteiger partial charge in [0.15, 0.2) is 0 Å². The lowest BCUT2D eigenvalue weighted by Crippen LogP contribution is -2.27. The number of hydrogen-bond acceptors (Lipinski definition) is 3. The van der Waals surface area contributed by atoms with Gasteiger partial charge in [0.25, 0.3) is 0 Å². The van der Waals surface area contributed by atoms with Gasteiger partial charge in [-0.05, 0) is 30.9 Å². The van der Waals surface area contributed by atoms with Crippen LogP contribution in [0.5, 0.6) is 0 Å². The van der Waals surface area contributed by atoms with Gasteiger partial charge in [-0.2, -0.15) is 0 Å². The third-order valence-corrected chi connectivity index (χ3v) is 3.40. The maximum atomic E-state index is 5.69. The molecule has 1 aliphatic carbocycles. The largest absolute Gasteiger partial charge is 0.384 e. The van der Waals surface area contributed by atoms with Gasteiger partial charge in [0.05, 0.1) is 0 Å². The summed E-state index contributed by atoms with van der Waals surface area (Å²) in [5.74, 6) is 2.43. The molecule has 0 amide bonds. The average molecular weight is 219 g/mol. The SMILES string of the molecule is CN(CC1CCCCC1)c1cccc(N)n1. The predicted molar refractivity (Wildman–Crippen MR) is 68.5 cm³/mol. The van der Waals surface area contributed by atoms with Crippen LogP contribution in [-0.2, 0) is 0 Å². The summed E-state index contributed by atoms with van der Waals surface area (Å²) < 4.78 is 0. The van der Waals surface area contributed by atoms with Crippen LogP contribution in [0.1, 0.15) is 32.1 Å². The second-order valence-electron chi connectivity index (χ2n) is 4.81. The van der Waals surface area contributed by atoms with Crippen molar-refractivity contribution in [1.82, 2.24) is 4.98 Å². The Balaban J connectivity index is 1.94. The summed E-state index contributed by atoms with van der Waals surface area (Å²) in [6.45, 7) is 1.11. The van der Waals surface area contributed by atoms with Gasteiger partial charge < -0.3 is 10.6 Å². The molecular weight excluding hydrogens is 198 g/mol. The van der Waals surface area contributed by atoms with E-state index >= 15 is 0 Å². The van der Waals surface area contributed by atoms with E-state index in [0.717, 1.165) is 18.3 Å². The summed E-state index contributed by atoms with van der Waals surface area (Å²) in [6, 6.07) is 5.83. The first-order valence-corrected chi connectivity index (χ1v) is 6.19. The number of nitrogen functional groups attached to an aromatic ring is 1. The zero-order valence-corrected chi connectivity index (χ0v) is 10.0. The van der Waals surface area contributed by atoms with Crippen molar-refractivity contribution in [3.05, 3.63) is 18.2 Å². The highest BCUT2D eigenvalue weighted by molar-refractivity contribution is 5.44. The predicted octanol–water partition coefficient (Wildman–Crippen LogP) is 2.68. The topological polar surface area (TPSA) is 42.1 Å². The van der Waals surface area contributed by atoms with Crippen molar-refractivity contribution in [1.29, 1.82) is 0 Å². The molecule has 0 saturated heterocycles. The van der Waals surface area contributed by atoms with E-state index in [2.05, 4.69) is 16.9 Å². The summed E-state index contributed by atoms with van der Waals surface area (Å²) >= 11 is 0. The molecule has 0 aromatic carbocycles. The molecule has 2 rings (SSSR count). The highest BCUT2D eigenvalue weighted by Crippen LogP contribution is 2.25. The van der Waals surface area contributed by atoms with Crippen LogP contribution in [0.2, 0.25) is 0 Å². The third kappa shape index (κ3) is 2.87. The molecule has 1 aliphatic rings. The van der Waals surface area contributed by atoms with Crippen LogP contribution in [0.3, 0.4) is 0 Å². The average Bonchev–Trinajstić information content (AvgIpc) is 2.30. The molecule has 1 heterocycles. The number of nitrogens with zero attached hydrogens (tertiary/aromatic N) is 2. The molecule has 3 heteroatoms. The number of hydrogen-bond donors (Lipinski definition) is 1. The van der Waals surface area contributed by atoms with Crippen LogP contribution in [0.15, 0.2) is 18.2 Å². The van der Waals surface area contributed by atoms with Crippen molar-refractivity contribution < 1.29 is 0 Å². The summed E-state index contributed by atoms with van der Waals surface area (Å²) in [4.78, 5) is 6.57. The molecule has 1 aromatic rings. The Morgan fingerprint density at radius 2 is 2.06 bits per heavy atom. The number of pyridine rings is 1. The Hall–Kier alpha value is -1.25.